The van der Waals surface area contributed by atoms with Crippen molar-refractivity contribution in [1.82, 2.24) is 14.5 Å². The van der Waals surface area contributed by atoms with Gasteiger partial charge in [0.25, 0.3) is 5.91 Å². The molecule has 0 saturated heterocycles. The molecule has 0 aromatic carbocycles. The summed E-state index contributed by atoms with van der Waals surface area (Å²) in [5.41, 5.74) is 7.81. The molecule has 0 bridgehead atoms. The summed E-state index contributed by atoms with van der Waals surface area (Å²) in [6, 6.07) is 7.94. The van der Waals surface area contributed by atoms with Crippen LogP contribution in [0.5, 0.6) is 0 Å². The fourth-order valence-corrected chi connectivity index (χ4v) is 3.45. The van der Waals surface area contributed by atoms with E-state index in [1.165, 1.54) is 25.2 Å². The predicted molar refractivity (Wildman–Crippen MR) is 98.0 cm³/mol. The lowest BCUT2D eigenvalue weighted by Gasteiger charge is -2.17. The molecule has 0 spiro atoms. The molecule has 1 saturated carbocycles. The monoisotopic (exact) mass is 346 g/mol. The SMILES string of the molecule is N#Cc1cnc2c(ccn2-c2cc(NC3CCCC3)c(C(N)=O)cn2)c1. The third-order valence-corrected chi connectivity index (χ3v) is 4.77. The highest BCUT2D eigenvalue weighted by Crippen LogP contribution is 2.26. The molecular formula is C19H18N6O. The second-order valence-electron chi connectivity index (χ2n) is 6.51. The van der Waals surface area contributed by atoms with Gasteiger partial charge in [-0.1, -0.05) is 12.8 Å². The van der Waals surface area contributed by atoms with Crippen LogP contribution in [0.4, 0.5) is 5.69 Å². The van der Waals surface area contributed by atoms with Crippen molar-refractivity contribution in [2.75, 3.05) is 5.32 Å². The minimum absolute atomic E-state index is 0.348. The number of hydrogen-bond donors (Lipinski definition) is 2. The molecule has 7 nitrogen and oxygen atoms in total. The first-order valence-electron chi connectivity index (χ1n) is 8.59. The molecule has 0 aliphatic heterocycles. The molecule has 3 heterocycles. The lowest BCUT2D eigenvalue weighted by molar-refractivity contribution is 0.100. The third kappa shape index (κ3) is 2.86. The molecule has 1 aliphatic carbocycles. The van der Waals surface area contributed by atoms with Gasteiger partial charge in [-0.2, -0.15) is 5.26 Å². The first-order chi connectivity index (χ1) is 12.7. The molecule has 1 aliphatic rings. The number of aromatic nitrogens is 3. The number of carbonyl (C=O) groups excluding carboxylic acids is 1. The van der Waals surface area contributed by atoms with Gasteiger partial charge in [0, 0.05) is 36.1 Å². The predicted octanol–water partition coefficient (Wildman–Crippen LogP) is 2.75. The highest BCUT2D eigenvalue weighted by Gasteiger charge is 2.19. The number of amides is 1. The Hall–Kier alpha value is -3.40. The Morgan fingerprint density at radius 3 is 2.81 bits per heavy atom. The van der Waals surface area contributed by atoms with Crippen LogP contribution in [0.25, 0.3) is 16.9 Å². The molecular weight excluding hydrogens is 328 g/mol. The van der Waals surface area contributed by atoms with Gasteiger partial charge in [-0.25, -0.2) is 9.97 Å². The van der Waals surface area contributed by atoms with Crippen LogP contribution in [0.3, 0.4) is 0 Å². The maximum atomic E-state index is 11.8. The van der Waals surface area contributed by atoms with Crippen molar-refractivity contribution < 1.29 is 4.79 Å². The van der Waals surface area contributed by atoms with Gasteiger partial charge in [-0.3, -0.25) is 9.36 Å². The zero-order chi connectivity index (χ0) is 18.1. The van der Waals surface area contributed by atoms with E-state index in [1.807, 2.05) is 22.9 Å². The topological polar surface area (TPSA) is 110 Å². The summed E-state index contributed by atoms with van der Waals surface area (Å²) >= 11 is 0. The number of nitrogens with one attached hydrogen (secondary N) is 1. The van der Waals surface area contributed by atoms with E-state index in [1.54, 1.807) is 6.07 Å². The van der Waals surface area contributed by atoms with Crippen LogP contribution in [0, 0.1) is 11.3 Å². The Labute approximate surface area is 150 Å². The summed E-state index contributed by atoms with van der Waals surface area (Å²) in [4.78, 5) is 20.5. The zero-order valence-electron chi connectivity index (χ0n) is 14.1. The van der Waals surface area contributed by atoms with Crippen molar-refractivity contribution in [2.45, 2.75) is 31.7 Å². The molecule has 3 aromatic heterocycles. The first kappa shape index (κ1) is 16.1. The maximum Gasteiger partial charge on any atom is 0.252 e. The van der Waals surface area contributed by atoms with Crippen molar-refractivity contribution in [3.8, 4) is 11.9 Å². The molecule has 3 N–H and O–H groups in total. The number of nitrogens with two attached hydrogens (primary N) is 1. The smallest absolute Gasteiger partial charge is 0.252 e. The number of anilines is 1. The molecule has 0 radical (unpaired) electrons. The highest BCUT2D eigenvalue weighted by molar-refractivity contribution is 5.98. The van der Waals surface area contributed by atoms with E-state index in [2.05, 4.69) is 21.4 Å². The van der Waals surface area contributed by atoms with Crippen molar-refractivity contribution in [3.05, 3.63) is 47.9 Å². The number of rotatable bonds is 4. The van der Waals surface area contributed by atoms with Gasteiger partial charge < -0.3 is 11.1 Å². The second kappa shape index (κ2) is 6.48. The molecule has 130 valence electrons. The Morgan fingerprint density at radius 1 is 1.27 bits per heavy atom. The number of nitrogens with zero attached hydrogens (tertiary/aromatic N) is 4. The van der Waals surface area contributed by atoms with E-state index in [-0.39, 0.29) is 0 Å². The largest absolute Gasteiger partial charge is 0.382 e. The standard InChI is InChI=1S/C19H18N6O/c20-9-12-7-13-5-6-25(19(13)23-10-12)17-8-16(15(11-22-17)18(21)26)24-14-3-1-2-4-14/h5-8,10-11,14H,1-4H2,(H2,21,26)(H,22,24). The summed E-state index contributed by atoms with van der Waals surface area (Å²) in [5.74, 6) is 0.140. The summed E-state index contributed by atoms with van der Waals surface area (Å²) in [5, 5.41) is 13.3. The van der Waals surface area contributed by atoms with Crippen LogP contribution in [0.2, 0.25) is 0 Å². The number of primary amides is 1. The van der Waals surface area contributed by atoms with Gasteiger partial charge in [-0.15, -0.1) is 0 Å². The summed E-state index contributed by atoms with van der Waals surface area (Å²) < 4.78 is 1.83. The van der Waals surface area contributed by atoms with Crippen LogP contribution in [-0.2, 0) is 0 Å². The Bertz CT molecular complexity index is 1030. The fourth-order valence-electron chi connectivity index (χ4n) is 3.45. The van der Waals surface area contributed by atoms with Gasteiger partial charge in [0.2, 0.25) is 0 Å². The van der Waals surface area contributed by atoms with E-state index in [0.29, 0.717) is 34.3 Å². The summed E-state index contributed by atoms with van der Waals surface area (Å²) in [6.07, 6.45) is 9.44. The molecule has 0 atom stereocenters. The molecule has 7 heteroatoms. The van der Waals surface area contributed by atoms with E-state index in [0.717, 1.165) is 18.2 Å². The van der Waals surface area contributed by atoms with E-state index in [9.17, 15) is 4.79 Å². The van der Waals surface area contributed by atoms with Crippen LogP contribution in [-0.4, -0.2) is 26.5 Å². The van der Waals surface area contributed by atoms with Crippen LogP contribution >= 0.6 is 0 Å². The zero-order valence-corrected chi connectivity index (χ0v) is 14.1. The van der Waals surface area contributed by atoms with Crippen molar-refractivity contribution in [1.29, 1.82) is 5.26 Å². The molecule has 26 heavy (non-hydrogen) atoms. The van der Waals surface area contributed by atoms with E-state index in [4.69, 9.17) is 11.0 Å². The van der Waals surface area contributed by atoms with E-state index < -0.39 is 5.91 Å². The Balaban J connectivity index is 1.77. The highest BCUT2D eigenvalue weighted by atomic mass is 16.1. The quantitative estimate of drug-likeness (QED) is 0.755. The normalized spacial score (nSPS) is 14.4. The van der Waals surface area contributed by atoms with Gasteiger partial charge >= 0.3 is 0 Å². The van der Waals surface area contributed by atoms with Gasteiger partial charge in [-0.05, 0) is 25.0 Å². The average molecular weight is 346 g/mol. The number of carbonyl (C=O) groups is 1. The fraction of sp³-hybridized carbons (Fsp3) is 0.263. The minimum Gasteiger partial charge on any atom is -0.382 e. The number of hydrogen-bond acceptors (Lipinski definition) is 5. The lowest BCUT2D eigenvalue weighted by atomic mass is 10.1. The van der Waals surface area contributed by atoms with Crippen LogP contribution in [0.15, 0.2) is 36.8 Å². The average Bonchev–Trinajstić information content (AvgIpc) is 3.30. The Kier molecular flexibility index (Phi) is 4.01. The number of nitriles is 1. The molecule has 1 fully saturated rings. The lowest BCUT2D eigenvalue weighted by Crippen LogP contribution is -2.20. The van der Waals surface area contributed by atoms with Crippen molar-refractivity contribution in [2.24, 2.45) is 5.73 Å². The molecule has 3 aromatic rings. The van der Waals surface area contributed by atoms with Gasteiger partial charge in [0.1, 0.15) is 17.5 Å². The summed E-state index contributed by atoms with van der Waals surface area (Å²) in [7, 11) is 0. The van der Waals surface area contributed by atoms with Crippen LogP contribution < -0.4 is 11.1 Å². The maximum absolute atomic E-state index is 11.8. The van der Waals surface area contributed by atoms with Crippen molar-refractivity contribution in [3.63, 3.8) is 0 Å². The van der Waals surface area contributed by atoms with E-state index >= 15 is 0 Å². The van der Waals surface area contributed by atoms with Gasteiger partial charge in [0.05, 0.1) is 16.8 Å². The number of pyridine rings is 2. The second-order valence-corrected chi connectivity index (χ2v) is 6.51. The van der Waals surface area contributed by atoms with Crippen molar-refractivity contribution >= 4 is 22.6 Å². The number of fused-ring (bicyclic) bond motifs is 1. The molecule has 1 amide bonds. The van der Waals surface area contributed by atoms with Gasteiger partial charge in [0.15, 0.2) is 0 Å². The molecule has 4 rings (SSSR count). The van der Waals surface area contributed by atoms with Crippen LogP contribution in [0.1, 0.15) is 41.6 Å². The molecule has 0 unspecified atom stereocenters. The Morgan fingerprint density at radius 2 is 2.08 bits per heavy atom. The minimum atomic E-state index is -0.501. The third-order valence-electron chi connectivity index (χ3n) is 4.77. The first-order valence-corrected chi connectivity index (χ1v) is 8.59. The summed E-state index contributed by atoms with van der Waals surface area (Å²) in [6.45, 7) is 0.